The first kappa shape index (κ1) is 23.9. The number of hydrogen-bond acceptors (Lipinski definition) is 4. The molecule has 1 aliphatic carbocycles. The van der Waals surface area contributed by atoms with E-state index in [2.05, 4.69) is 17.0 Å². The zero-order chi connectivity index (χ0) is 24.6. The Labute approximate surface area is 198 Å². The second-order valence-corrected chi connectivity index (χ2v) is 9.04. The van der Waals surface area contributed by atoms with Crippen molar-refractivity contribution in [3.05, 3.63) is 53.1 Å². The van der Waals surface area contributed by atoms with Gasteiger partial charge in [0.2, 0.25) is 0 Å². The number of nitrogens with zero attached hydrogens (tertiary/aromatic N) is 4. The monoisotopic (exact) mass is 466 g/mol. The van der Waals surface area contributed by atoms with Gasteiger partial charge in [0, 0.05) is 29.9 Å². The molecule has 0 radical (unpaired) electrons. The van der Waals surface area contributed by atoms with Crippen LogP contribution in [0.1, 0.15) is 74.6 Å². The number of hydrogen-bond donors (Lipinski definition) is 1. The number of carbonyl (C=O) groups is 2. The molecule has 3 aromatic rings. The molecule has 1 aliphatic rings. The summed E-state index contributed by atoms with van der Waals surface area (Å²) in [6, 6.07) is 8.40. The predicted molar refractivity (Wildman–Crippen MR) is 127 cm³/mol. The molecule has 1 amide bonds. The first-order valence-electron chi connectivity index (χ1n) is 12.0. The molecule has 0 aliphatic heterocycles. The quantitative estimate of drug-likeness (QED) is 0.483. The molecule has 1 fully saturated rings. The van der Waals surface area contributed by atoms with Crippen LogP contribution in [-0.2, 0) is 11.2 Å². The van der Waals surface area contributed by atoms with Crippen molar-refractivity contribution in [2.75, 3.05) is 6.54 Å². The van der Waals surface area contributed by atoms with E-state index in [1.165, 1.54) is 6.07 Å². The van der Waals surface area contributed by atoms with Crippen LogP contribution in [0.3, 0.4) is 0 Å². The fraction of sp³-hybridized carbons (Fsp3) is 0.462. The van der Waals surface area contributed by atoms with E-state index in [-0.39, 0.29) is 17.9 Å². The Kier molecular flexibility index (Phi) is 6.68. The minimum Gasteiger partial charge on any atom is -0.481 e. The zero-order valence-corrected chi connectivity index (χ0v) is 20.1. The Bertz CT molecular complexity index is 1240. The number of aryl methyl sites for hydroxylation is 1. The van der Waals surface area contributed by atoms with E-state index >= 15 is 4.39 Å². The highest BCUT2D eigenvalue weighted by Gasteiger charge is 2.44. The van der Waals surface area contributed by atoms with Crippen LogP contribution in [0.2, 0.25) is 0 Å². The van der Waals surface area contributed by atoms with Gasteiger partial charge in [-0.3, -0.25) is 9.59 Å². The van der Waals surface area contributed by atoms with E-state index in [9.17, 15) is 9.59 Å². The van der Waals surface area contributed by atoms with E-state index in [0.717, 1.165) is 18.5 Å². The minimum atomic E-state index is -0.843. The summed E-state index contributed by atoms with van der Waals surface area (Å²) >= 11 is 0. The zero-order valence-electron chi connectivity index (χ0n) is 20.1. The fourth-order valence-corrected chi connectivity index (χ4v) is 4.71. The smallest absolute Gasteiger partial charge is 0.307 e. The Hall–Kier alpha value is -3.29. The second kappa shape index (κ2) is 9.52. The lowest BCUT2D eigenvalue weighted by atomic mass is 10.0. The van der Waals surface area contributed by atoms with E-state index in [0.29, 0.717) is 47.5 Å². The Morgan fingerprint density at radius 2 is 2.00 bits per heavy atom. The molecule has 0 bridgehead atoms. The maximum atomic E-state index is 15.0. The number of carboxylic acid groups (broad SMARTS) is 1. The van der Waals surface area contributed by atoms with Crippen LogP contribution in [0, 0.1) is 11.7 Å². The van der Waals surface area contributed by atoms with Crippen molar-refractivity contribution in [3.63, 3.8) is 0 Å². The van der Waals surface area contributed by atoms with Gasteiger partial charge in [-0.2, -0.15) is 5.10 Å². The van der Waals surface area contributed by atoms with Gasteiger partial charge < -0.3 is 10.0 Å². The number of benzene rings is 1. The van der Waals surface area contributed by atoms with Crippen molar-refractivity contribution in [2.45, 2.75) is 65.3 Å². The summed E-state index contributed by atoms with van der Waals surface area (Å²) in [6.07, 6.45) is 3.08. The minimum absolute atomic E-state index is 0.114. The molecule has 0 spiro atoms. The molecule has 3 atom stereocenters. The summed E-state index contributed by atoms with van der Waals surface area (Å²) < 4.78 is 16.7. The summed E-state index contributed by atoms with van der Waals surface area (Å²) in [7, 11) is 0. The van der Waals surface area contributed by atoms with Crippen molar-refractivity contribution in [1.29, 1.82) is 0 Å². The summed E-state index contributed by atoms with van der Waals surface area (Å²) in [6.45, 7) is 8.69. The van der Waals surface area contributed by atoms with Crippen molar-refractivity contribution in [3.8, 4) is 11.3 Å². The fourth-order valence-electron chi connectivity index (χ4n) is 4.71. The molecule has 1 saturated carbocycles. The largest absolute Gasteiger partial charge is 0.481 e. The summed E-state index contributed by atoms with van der Waals surface area (Å²) in [4.78, 5) is 30.8. The topological polar surface area (TPSA) is 87.8 Å². The van der Waals surface area contributed by atoms with Gasteiger partial charge in [0.15, 0.2) is 5.65 Å². The molecule has 1 aromatic carbocycles. The molecular weight excluding hydrogens is 435 g/mol. The number of halogens is 1. The normalized spacial score (nSPS) is 18.1. The number of carboxylic acids is 1. The van der Waals surface area contributed by atoms with Gasteiger partial charge in [-0.15, -0.1) is 0 Å². The van der Waals surface area contributed by atoms with E-state index in [1.807, 2.05) is 25.7 Å². The van der Waals surface area contributed by atoms with E-state index in [4.69, 9.17) is 5.11 Å². The van der Waals surface area contributed by atoms with Crippen LogP contribution in [0.25, 0.3) is 16.9 Å². The van der Waals surface area contributed by atoms with Gasteiger partial charge in [0.1, 0.15) is 11.5 Å². The number of fused-ring (bicyclic) bond motifs is 1. The van der Waals surface area contributed by atoms with Crippen molar-refractivity contribution >= 4 is 17.5 Å². The number of carbonyl (C=O) groups excluding carboxylic acids is 1. The standard InChI is InChI=1S/C26H31FN4O3/c1-5-8-15(4)30(7-3)25(32)23-12-17(6-2)31-24(28-23)14-22(29-31)18-10-9-16(11-21(18)27)19-13-20(19)26(33)34/h9-12,14-15,19-20H,5-8,13H2,1-4H3,(H,33,34)/t15?,19-,20+/m1/s1. The average molecular weight is 467 g/mol. The Morgan fingerprint density at radius 1 is 1.24 bits per heavy atom. The number of rotatable bonds is 9. The van der Waals surface area contributed by atoms with Crippen LogP contribution in [0.5, 0.6) is 0 Å². The molecule has 8 heteroatoms. The molecule has 4 rings (SSSR count). The lowest BCUT2D eigenvalue weighted by Gasteiger charge is -2.27. The Morgan fingerprint density at radius 3 is 2.59 bits per heavy atom. The molecule has 0 saturated heterocycles. The third-order valence-electron chi connectivity index (χ3n) is 6.73. The predicted octanol–water partition coefficient (Wildman–Crippen LogP) is 4.94. The van der Waals surface area contributed by atoms with Crippen LogP contribution >= 0.6 is 0 Å². The third kappa shape index (κ3) is 4.41. The lowest BCUT2D eigenvalue weighted by Crippen LogP contribution is -2.39. The molecule has 1 unspecified atom stereocenters. The number of amides is 1. The number of aliphatic carboxylic acids is 1. The molecule has 2 heterocycles. The van der Waals surface area contributed by atoms with Crippen LogP contribution in [0.4, 0.5) is 4.39 Å². The first-order valence-corrected chi connectivity index (χ1v) is 12.0. The highest BCUT2D eigenvalue weighted by Crippen LogP contribution is 2.48. The van der Waals surface area contributed by atoms with Gasteiger partial charge >= 0.3 is 5.97 Å². The van der Waals surface area contributed by atoms with E-state index < -0.39 is 17.7 Å². The third-order valence-corrected chi connectivity index (χ3v) is 6.73. The van der Waals surface area contributed by atoms with Crippen molar-refractivity contribution < 1.29 is 19.1 Å². The maximum Gasteiger partial charge on any atom is 0.307 e. The van der Waals surface area contributed by atoms with Crippen molar-refractivity contribution in [2.24, 2.45) is 5.92 Å². The number of aromatic nitrogens is 3. The second-order valence-electron chi connectivity index (χ2n) is 9.04. The SMILES string of the molecule is CCCC(C)N(CC)C(=O)c1cc(CC)n2nc(-c3ccc([C@H]4C[C@@H]4C(=O)O)cc3F)cc2n1. The molecule has 1 N–H and O–H groups in total. The van der Waals surface area contributed by atoms with Gasteiger partial charge in [-0.1, -0.05) is 26.3 Å². The lowest BCUT2D eigenvalue weighted by molar-refractivity contribution is -0.138. The van der Waals surface area contributed by atoms with Gasteiger partial charge in [-0.25, -0.2) is 13.9 Å². The summed E-state index contributed by atoms with van der Waals surface area (Å²) in [5, 5.41) is 13.7. The average Bonchev–Trinajstić information content (AvgIpc) is 3.51. The highest BCUT2D eigenvalue weighted by molar-refractivity contribution is 5.93. The first-order chi connectivity index (χ1) is 16.3. The summed E-state index contributed by atoms with van der Waals surface area (Å²) in [5.41, 5.74) is 3.12. The van der Waals surface area contributed by atoms with Gasteiger partial charge in [-0.05, 0) is 62.8 Å². The summed E-state index contributed by atoms with van der Waals surface area (Å²) in [5.74, 6) is -1.98. The van der Waals surface area contributed by atoms with Crippen molar-refractivity contribution in [1.82, 2.24) is 19.5 Å². The molecule has 2 aromatic heterocycles. The molecule has 34 heavy (non-hydrogen) atoms. The molecule has 7 nitrogen and oxygen atoms in total. The molecular formula is C26H31FN4O3. The molecule has 180 valence electrons. The Balaban J connectivity index is 1.68. The highest BCUT2D eigenvalue weighted by atomic mass is 19.1. The van der Waals surface area contributed by atoms with E-state index in [1.54, 1.807) is 28.8 Å². The maximum absolute atomic E-state index is 15.0. The van der Waals surface area contributed by atoms with Gasteiger partial charge in [0.25, 0.3) is 5.91 Å². The van der Waals surface area contributed by atoms with Gasteiger partial charge in [0.05, 0.1) is 11.6 Å². The van der Waals surface area contributed by atoms with Crippen LogP contribution in [-0.4, -0.2) is 49.1 Å². The van der Waals surface area contributed by atoms with Crippen LogP contribution in [0.15, 0.2) is 30.3 Å². The van der Waals surface area contributed by atoms with Crippen LogP contribution < -0.4 is 0 Å².